The van der Waals surface area contributed by atoms with Crippen molar-refractivity contribution in [3.8, 4) is 0 Å². The van der Waals surface area contributed by atoms with E-state index in [1.54, 1.807) is 0 Å². The average Bonchev–Trinajstić information content (AvgIpc) is 2.60. The van der Waals surface area contributed by atoms with Crippen molar-refractivity contribution >= 4 is 5.97 Å². The van der Waals surface area contributed by atoms with Gasteiger partial charge < -0.3 is 9.90 Å². The number of aryl methyl sites for hydroxylation is 2. The van der Waals surface area contributed by atoms with E-state index in [1.165, 1.54) is 74.6 Å². The van der Waals surface area contributed by atoms with Crippen molar-refractivity contribution in [1.29, 1.82) is 0 Å². The molecular weight excluding hydrogens is 322 g/mol. The molecule has 0 amide bonds. The van der Waals surface area contributed by atoms with Crippen LogP contribution in [0.15, 0.2) is 12.3 Å². The molecule has 0 aliphatic heterocycles. The fraction of sp³-hybridized carbons (Fsp3) is 0.739. The molecule has 3 nitrogen and oxygen atoms in total. The van der Waals surface area contributed by atoms with Gasteiger partial charge in [-0.15, -0.1) is 0 Å². The van der Waals surface area contributed by atoms with Gasteiger partial charge in [0.1, 0.15) is 5.97 Å². The van der Waals surface area contributed by atoms with E-state index in [0.29, 0.717) is 0 Å². The van der Waals surface area contributed by atoms with Crippen LogP contribution in [0.4, 0.5) is 0 Å². The van der Waals surface area contributed by atoms with E-state index in [1.807, 2.05) is 4.57 Å². The van der Waals surface area contributed by atoms with E-state index in [2.05, 4.69) is 33.0 Å². The molecule has 0 bridgehead atoms. The van der Waals surface area contributed by atoms with Gasteiger partial charge in [-0.25, -0.2) is 0 Å². The SMILES string of the molecule is CCCCCCc1c(CCCCC)cc(CCCCC)c[n+]1CC(=O)[O-]. The number of hydrogen-bond donors (Lipinski definition) is 0. The molecule has 0 aromatic carbocycles. The number of carboxylic acids is 1. The third kappa shape index (κ3) is 8.82. The van der Waals surface area contributed by atoms with Gasteiger partial charge in [0.2, 0.25) is 0 Å². The Morgan fingerprint density at radius 2 is 1.42 bits per heavy atom. The molecule has 0 aliphatic carbocycles. The highest BCUT2D eigenvalue weighted by molar-refractivity contribution is 5.62. The number of carboxylic acid groups (broad SMARTS) is 1. The molecule has 0 radical (unpaired) electrons. The molecule has 0 fully saturated rings. The summed E-state index contributed by atoms with van der Waals surface area (Å²) in [7, 11) is 0. The van der Waals surface area contributed by atoms with Crippen molar-refractivity contribution in [2.75, 3.05) is 0 Å². The van der Waals surface area contributed by atoms with Crippen LogP contribution < -0.4 is 9.67 Å². The van der Waals surface area contributed by atoms with E-state index >= 15 is 0 Å². The second-order valence-electron chi connectivity index (χ2n) is 7.55. The second kappa shape index (κ2) is 13.8. The monoisotopic (exact) mass is 361 g/mol. The summed E-state index contributed by atoms with van der Waals surface area (Å²) in [4.78, 5) is 11.3. The van der Waals surface area contributed by atoms with Gasteiger partial charge in [-0.2, -0.15) is 4.57 Å². The van der Waals surface area contributed by atoms with Crippen LogP contribution >= 0.6 is 0 Å². The zero-order valence-corrected chi connectivity index (χ0v) is 17.3. The van der Waals surface area contributed by atoms with E-state index < -0.39 is 5.97 Å². The van der Waals surface area contributed by atoms with E-state index in [-0.39, 0.29) is 6.54 Å². The molecular formula is C23H39NO2. The lowest BCUT2D eigenvalue weighted by molar-refractivity contribution is -0.698. The van der Waals surface area contributed by atoms with Crippen molar-refractivity contribution in [1.82, 2.24) is 0 Å². The minimum Gasteiger partial charge on any atom is -0.544 e. The summed E-state index contributed by atoms with van der Waals surface area (Å²) in [6, 6.07) is 2.35. The zero-order chi connectivity index (χ0) is 19.2. The Kier molecular flexibility index (Phi) is 12.0. The first-order valence-electron chi connectivity index (χ1n) is 10.9. The minimum atomic E-state index is -0.991. The van der Waals surface area contributed by atoms with Gasteiger partial charge in [-0.05, 0) is 38.2 Å². The number of nitrogens with zero attached hydrogens (tertiary/aromatic N) is 1. The molecule has 0 N–H and O–H groups in total. The Balaban J connectivity index is 3.04. The molecule has 0 atom stereocenters. The van der Waals surface area contributed by atoms with Gasteiger partial charge in [0.25, 0.3) is 0 Å². The Hall–Kier alpha value is -1.38. The lowest BCUT2D eigenvalue weighted by atomic mass is 9.97. The average molecular weight is 362 g/mol. The summed E-state index contributed by atoms with van der Waals surface area (Å²) in [5, 5.41) is 11.3. The summed E-state index contributed by atoms with van der Waals surface area (Å²) < 4.78 is 1.98. The number of rotatable bonds is 15. The maximum atomic E-state index is 11.3. The molecule has 1 aromatic rings. The Morgan fingerprint density at radius 3 is 2.04 bits per heavy atom. The van der Waals surface area contributed by atoms with Gasteiger partial charge in [0.05, 0.1) is 0 Å². The standard InChI is InChI=1S/C23H39NO2/c1-4-7-10-13-16-22-21(15-12-9-6-3)17-20(14-11-8-5-2)18-24(22)19-23(25)26/h17-18H,4-16,19H2,1-3H3. The van der Waals surface area contributed by atoms with Crippen molar-refractivity contribution < 1.29 is 14.5 Å². The van der Waals surface area contributed by atoms with Crippen LogP contribution in [0, 0.1) is 0 Å². The molecule has 0 aliphatic rings. The van der Waals surface area contributed by atoms with Crippen LogP contribution in [0.3, 0.4) is 0 Å². The van der Waals surface area contributed by atoms with Crippen LogP contribution in [0.5, 0.6) is 0 Å². The highest BCUT2D eigenvalue weighted by atomic mass is 16.4. The van der Waals surface area contributed by atoms with E-state index in [4.69, 9.17) is 0 Å². The molecule has 1 rings (SSSR count). The van der Waals surface area contributed by atoms with Gasteiger partial charge in [0, 0.05) is 17.5 Å². The quantitative estimate of drug-likeness (QED) is 0.345. The van der Waals surface area contributed by atoms with E-state index in [9.17, 15) is 9.90 Å². The van der Waals surface area contributed by atoms with Crippen molar-refractivity contribution in [3.05, 3.63) is 29.1 Å². The first-order valence-corrected chi connectivity index (χ1v) is 10.9. The smallest absolute Gasteiger partial charge is 0.188 e. The first-order chi connectivity index (χ1) is 12.6. The number of carbonyl (C=O) groups excluding carboxylic acids is 1. The fourth-order valence-corrected chi connectivity index (χ4v) is 3.61. The molecule has 0 saturated heterocycles. The van der Waals surface area contributed by atoms with Crippen LogP contribution in [0.25, 0.3) is 0 Å². The van der Waals surface area contributed by atoms with Gasteiger partial charge in [0.15, 0.2) is 18.4 Å². The van der Waals surface area contributed by atoms with E-state index in [0.717, 1.165) is 25.7 Å². The number of unbranched alkanes of at least 4 members (excludes halogenated alkanes) is 7. The van der Waals surface area contributed by atoms with Crippen molar-refractivity contribution in [2.24, 2.45) is 0 Å². The second-order valence-corrected chi connectivity index (χ2v) is 7.55. The molecule has 0 spiro atoms. The van der Waals surface area contributed by atoms with Crippen molar-refractivity contribution in [2.45, 2.75) is 111 Å². The fourth-order valence-electron chi connectivity index (χ4n) is 3.61. The number of carbonyl (C=O) groups is 1. The summed E-state index contributed by atoms with van der Waals surface area (Å²) in [5.74, 6) is -0.991. The maximum absolute atomic E-state index is 11.3. The van der Waals surface area contributed by atoms with Gasteiger partial charge >= 0.3 is 0 Å². The number of aromatic nitrogens is 1. The van der Waals surface area contributed by atoms with Gasteiger partial charge in [-0.1, -0.05) is 65.7 Å². The predicted octanol–water partition coefficient (Wildman–Crippen LogP) is 4.31. The molecule has 0 saturated carbocycles. The molecule has 0 unspecified atom stereocenters. The van der Waals surface area contributed by atoms with Crippen molar-refractivity contribution in [3.63, 3.8) is 0 Å². The number of hydrogen-bond acceptors (Lipinski definition) is 2. The lowest BCUT2D eigenvalue weighted by Gasteiger charge is -2.13. The number of aliphatic carboxylic acids is 1. The molecule has 1 aromatic heterocycles. The zero-order valence-electron chi connectivity index (χ0n) is 17.3. The summed E-state index contributed by atoms with van der Waals surface area (Å²) in [6.07, 6.45) is 17.2. The van der Waals surface area contributed by atoms with Crippen LogP contribution in [-0.2, 0) is 30.6 Å². The molecule has 1 heterocycles. The number of pyridine rings is 1. The highest BCUT2D eigenvalue weighted by Gasteiger charge is 2.18. The predicted molar refractivity (Wildman–Crippen MR) is 106 cm³/mol. The first kappa shape index (κ1) is 22.7. The topological polar surface area (TPSA) is 44.0 Å². The van der Waals surface area contributed by atoms with Gasteiger partial charge in [-0.3, -0.25) is 0 Å². The summed E-state index contributed by atoms with van der Waals surface area (Å²) in [5.41, 5.74) is 3.87. The Labute approximate surface area is 160 Å². The van der Waals surface area contributed by atoms with Crippen LogP contribution in [0.1, 0.15) is 102 Å². The third-order valence-corrected chi connectivity index (χ3v) is 5.08. The molecule has 148 valence electrons. The lowest BCUT2D eigenvalue weighted by Crippen LogP contribution is -2.47. The summed E-state index contributed by atoms with van der Waals surface area (Å²) >= 11 is 0. The Morgan fingerprint density at radius 1 is 0.846 bits per heavy atom. The largest absolute Gasteiger partial charge is 0.544 e. The third-order valence-electron chi connectivity index (χ3n) is 5.08. The summed E-state index contributed by atoms with van der Waals surface area (Å²) in [6.45, 7) is 6.64. The molecule has 3 heteroatoms. The normalized spacial score (nSPS) is 11.0. The Bertz CT molecular complexity index is 525. The van der Waals surface area contributed by atoms with Crippen LogP contribution in [-0.4, -0.2) is 5.97 Å². The molecule has 26 heavy (non-hydrogen) atoms. The van der Waals surface area contributed by atoms with Crippen LogP contribution in [0.2, 0.25) is 0 Å². The highest BCUT2D eigenvalue weighted by Crippen LogP contribution is 2.17. The minimum absolute atomic E-state index is 0.0223. The maximum Gasteiger partial charge on any atom is 0.188 e.